The second-order valence-corrected chi connectivity index (χ2v) is 7.96. The molecule has 0 radical (unpaired) electrons. The molecule has 4 heterocycles. The van der Waals surface area contributed by atoms with Crippen molar-refractivity contribution >= 4 is 40.6 Å². The predicted octanol–water partition coefficient (Wildman–Crippen LogP) is 3.47. The van der Waals surface area contributed by atoms with E-state index in [4.69, 9.17) is 23.2 Å². The van der Waals surface area contributed by atoms with Crippen LogP contribution in [0.1, 0.15) is 29.8 Å². The average Bonchev–Trinajstić information content (AvgIpc) is 3.07. The van der Waals surface area contributed by atoms with Gasteiger partial charge in [-0.3, -0.25) is 9.78 Å². The summed E-state index contributed by atoms with van der Waals surface area (Å²) in [5.41, 5.74) is 2.96. The van der Waals surface area contributed by atoms with E-state index >= 15 is 0 Å². The molecule has 0 bridgehead atoms. The topological polar surface area (TPSA) is 84.7 Å². The predicted molar refractivity (Wildman–Crippen MR) is 107 cm³/mol. The number of carbonyl (C=O) groups is 1. The number of nitrogens with one attached hydrogen (secondary N) is 2. The second kappa shape index (κ2) is 6.46. The van der Waals surface area contributed by atoms with Gasteiger partial charge in [-0.2, -0.15) is 0 Å². The molecular weight excluding hydrogens is 399 g/mol. The van der Waals surface area contributed by atoms with Crippen LogP contribution >= 0.6 is 23.2 Å². The lowest BCUT2D eigenvalue weighted by molar-refractivity contribution is -0.117. The maximum absolute atomic E-state index is 12.7. The van der Waals surface area contributed by atoms with E-state index in [1.165, 1.54) is 0 Å². The van der Waals surface area contributed by atoms with Crippen LogP contribution in [0.25, 0.3) is 0 Å². The Balaban J connectivity index is 1.62. The number of nitrogens with zero attached hydrogens (tertiary/aromatic N) is 4. The monoisotopic (exact) mass is 414 g/mol. The van der Waals surface area contributed by atoms with Crippen LogP contribution in [-0.2, 0) is 16.8 Å². The number of halogens is 2. The highest BCUT2D eigenvalue weighted by Gasteiger charge is 2.48. The van der Waals surface area contributed by atoms with Crippen molar-refractivity contribution in [3.63, 3.8) is 0 Å². The van der Waals surface area contributed by atoms with E-state index in [1.54, 1.807) is 16.9 Å². The Morgan fingerprint density at radius 2 is 2.04 bits per heavy atom. The van der Waals surface area contributed by atoms with Crippen molar-refractivity contribution in [1.29, 1.82) is 0 Å². The SMILES string of the molecule is O=C1CC2(CCNc3ccc(Cl)cc32)c2nnn(Cc3ccc(Cl)cn3)c2N1. The molecule has 1 unspecified atom stereocenters. The van der Waals surface area contributed by atoms with Crippen LogP contribution in [0, 0.1) is 0 Å². The lowest BCUT2D eigenvalue weighted by atomic mass is 9.68. The van der Waals surface area contributed by atoms with Crippen LogP contribution in [-0.4, -0.2) is 32.4 Å². The van der Waals surface area contributed by atoms with E-state index in [0.717, 1.165) is 35.6 Å². The molecule has 9 heteroatoms. The third-order valence-corrected chi connectivity index (χ3v) is 5.83. The van der Waals surface area contributed by atoms with Gasteiger partial charge in [-0.05, 0) is 42.3 Å². The number of fused-ring (bicyclic) bond motifs is 4. The Morgan fingerprint density at radius 1 is 1.18 bits per heavy atom. The quantitative estimate of drug-likeness (QED) is 0.670. The molecule has 0 saturated heterocycles. The molecule has 2 N–H and O–H groups in total. The molecule has 1 spiro atoms. The van der Waals surface area contributed by atoms with Gasteiger partial charge < -0.3 is 10.6 Å². The van der Waals surface area contributed by atoms with Gasteiger partial charge >= 0.3 is 0 Å². The highest BCUT2D eigenvalue weighted by molar-refractivity contribution is 6.31. The van der Waals surface area contributed by atoms with Crippen LogP contribution in [0.2, 0.25) is 10.0 Å². The van der Waals surface area contributed by atoms with Gasteiger partial charge in [-0.1, -0.05) is 28.4 Å². The Hall–Kier alpha value is -2.64. The number of pyridine rings is 1. The molecule has 2 aliphatic heterocycles. The van der Waals surface area contributed by atoms with Gasteiger partial charge in [0, 0.05) is 29.9 Å². The van der Waals surface area contributed by atoms with Crippen LogP contribution in [0.15, 0.2) is 36.5 Å². The van der Waals surface area contributed by atoms with Crippen molar-refractivity contribution in [1.82, 2.24) is 20.0 Å². The normalized spacial score (nSPS) is 20.3. The number of benzene rings is 1. The fourth-order valence-electron chi connectivity index (χ4n) is 4.10. The van der Waals surface area contributed by atoms with Crippen LogP contribution in [0.4, 0.5) is 11.5 Å². The fraction of sp³-hybridized carbons (Fsp3) is 0.263. The van der Waals surface area contributed by atoms with Gasteiger partial charge in [0.05, 0.1) is 22.7 Å². The molecule has 3 aromatic rings. The summed E-state index contributed by atoms with van der Waals surface area (Å²) in [5.74, 6) is 0.550. The van der Waals surface area contributed by atoms with Crippen LogP contribution < -0.4 is 10.6 Å². The van der Waals surface area contributed by atoms with E-state index in [1.807, 2.05) is 24.3 Å². The van der Waals surface area contributed by atoms with Crippen molar-refractivity contribution in [3.05, 3.63) is 63.5 Å². The molecule has 5 rings (SSSR count). The lowest BCUT2D eigenvalue weighted by Crippen LogP contribution is -2.43. The first-order valence-electron chi connectivity index (χ1n) is 8.93. The summed E-state index contributed by atoms with van der Waals surface area (Å²) < 4.78 is 1.68. The number of aromatic nitrogens is 4. The second-order valence-electron chi connectivity index (χ2n) is 7.09. The van der Waals surface area contributed by atoms with E-state index in [-0.39, 0.29) is 5.91 Å². The van der Waals surface area contributed by atoms with Gasteiger partial charge in [0.15, 0.2) is 5.82 Å². The summed E-state index contributed by atoms with van der Waals surface area (Å²) >= 11 is 12.2. The molecule has 2 aromatic heterocycles. The molecule has 0 aliphatic carbocycles. The maximum Gasteiger partial charge on any atom is 0.226 e. The summed E-state index contributed by atoms with van der Waals surface area (Å²) in [6.07, 6.45) is 2.64. The molecule has 142 valence electrons. The summed E-state index contributed by atoms with van der Waals surface area (Å²) in [5, 5.41) is 16.3. The number of hydrogen-bond acceptors (Lipinski definition) is 5. The first-order valence-corrected chi connectivity index (χ1v) is 9.69. The first kappa shape index (κ1) is 17.5. The molecule has 1 amide bonds. The van der Waals surface area contributed by atoms with Crippen LogP contribution in [0.5, 0.6) is 0 Å². The van der Waals surface area contributed by atoms with E-state index in [2.05, 4.69) is 25.9 Å². The minimum absolute atomic E-state index is 0.0621. The zero-order valence-corrected chi connectivity index (χ0v) is 16.3. The highest BCUT2D eigenvalue weighted by Crippen LogP contribution is 2.49. The Labute approximate surface area is 171 Å². The van der Waals surface area contributed by atoms with Gasteiger partial charge in [-0.25, -0.2) is 4.68 Å². The molecule has 0 fully saturated rings. The molecule has 1 aromatic carbocycles. The molecule has 7 nitrogen and oxygen atoms in total. The smallest absolute Gasteiger partial charge is 0.226 e. The van der Waals surface area contributed by atoms with Crippen molar-refractivity contribution < 1.29 is 4.79 Å². The van der Waals surface area contributed by atoms with Gasteiger partial charge in [0.1, 0.15) is 5.69 Å². The fourth-order valence-corrected chi connectivity index (χ4v) is 4.38. The number of amides is 1. The van der Waals surface area contributed by atoms with Gasteiger partial charge in [-0.15, -0.1) is 5.10 Å². The largest absolute Gasteiger partial charge is 0.385 e. The Bertz CT molecular complexity index is 1080. The minimum atomic E-state index is -0.547. The number of hydrogen-bond donors (Lipinski definition) is 2. The Kier molecular flexibility index (Phi) is 4.03. The minimum Gasteiger partial charge on any atom is -0.385 e. The Morgan fingerprint density at radius 3 is 2.86 bits per heavy atom. The number of carbonyl (C=O) groups excluding carboxylic acids is 1. The first-order chi connectivity index (χ1) is 13.5. The number of rotatable bonds is 2. The maximum atomic E-state index is 12.7. The summed E-state index contributed by atoms with van der Waals surface area (Å²) in [4.78, 5) is 17.0. The molecule has 28 heavy (non-hydrogen) atoms. The van der Waals surface area contributed by atoms with E-state index in [9.17, 15) is 4.79 Å². The van der Waals surface area contributed by atoms with E-state index < -0.39 is 5.41 Å². The molecule has 0 saturated carbocycles. The van der Waals surface area contributed by atoms with Crippen molar-refractivity contribution in [2.45, 2.75) is 24.8 Å². The number of anilines is 2. The third-order valence-electron chi connectivity index (χ3n) is 5.37. The zero-order chi connectivity index (χ0) is 19.3. The third kappa shape index (κ3) is 2.73. The zero-order valence-electron chi connectivity index (χ0n) is 14.7. The molecule has 2 aliphatic rings. The average molecular weight is 415 g/mol. The highest BCUT2D eigenvalue weighted by atomic mass is 35.5. The summed E-state index contributed by atoms with van der Waals surface area (Å²) in [7, 11) is 0. The lowest BCUT2D eigenvalue weighted by Gasteiger charge is -2.40. The van der Waals surface area contributed by atoms with Crippen molar-refractivity contribution in [2.24, 2.45) is 0 Å². The van der Waals surface area contributed by atoms with Crippen LogP contribution in [0.3, 0.4) is 0 Å². The molecule has 1 atom stereocenters. The summed E-state index contributed by atoms with van der Waals surface area (Å²) in [6, 6.07) is 9.33. The van der Waals surface area contributed by atoms with E-state index in [0.29, 0.717) is 28.8 Å². The van der Waals surface area contributed by atoms with Gasteiger partial charge in [0.25, 0.3) is 0 Å². The van der Waals surface area contributed by atoms with Crippen molar-refractivity contribution in [2.75, 3.05) is 17.2 Å². The summed E-state index contributed by atoms with van der Waals surface area (Å²) in [6.45, 7) is 1.13. The molecular formula is C19H16Cl2N6O. The van der Waals surface area contributed by atoms with Crippen molar-refractivity contribution in [3.8, 4) is 0 Å². The standard InChI is InChI=1S/C19H16Cl2N6O/c20-11-2-4-15-14(7-11)19(5-6-22-15)8-16(28)24-18-17(19)25-26-27(18)10-13-3-1-12(21)9-23-13/h1-4,7,9,22H,5-6,8,10H2,(H,24,28). The van der Waals surface area contributed by atoms with Gasteiger partial charge in [0.2, 0.25) is 5.91 Å².